The monoisotopic (exact) mass is 415 g/mol. The predicted octanol–water partition coefficient (Wildman–Crippen LogP) is 4.93. The van der Waals surface area contributed by atoms with Gasteiger partial charge in [0, 0.05) is 26.0 Å². The van der Waals surface area contributed by atoms with E-state index in [0.29, 0.717) is 17.1 Å². The molecule has 0 bridgehead atoms. The molecule has 0 amide bonds. The third kappa shape index (κ3) is 4.33. The summed E-state index contributed by atoms with van der Waals surface area (Å²) in [7, 11) is 3.50. The summed E-state index contributed by atoms with van der Waals surface area (Å²) in [6.07, 6.45) is 1.48. The molecule has 0 aliphatic carbocycles. The van der Waals surface area contributed by atoms with E-state index >= 15 is 0 Å². The maximum absolute atomic E-state index is 14.6. The summed E-state index contributed by atoms with van der Waals surface area (Å²) >= 11 is 0. The molecule has 0 aliphatic rings. The number of ether oxygens (including phenoxy) is 1. The predicted molar refractivity (Wildman–Crippen MR) is 120 cm³/mol. The highest BCUT2D eigenvalue weighted by Gasteiger charge is 2.15. The van der Waals surface area contributed by atoms with Gasteiger partial charge < -0.3 is 9.64 Å². The minimum Gasteiger partial charge on any atom is -0.486 e. The summed E-state index contributed by atoms with van der Waals surface area (Å²) < 4.78 is 21.7. The van der Waals surface area contributed by atoms with Crippen molar-refractivity contribution in [1.82, 2.24) is 9.55 Å². The lowest BCUT2D eigenvalue weighted by atomic mass is 10.1. The van der Waals surface area contributed by atoms with Gasteiger partial charge >= 0.3 is 0 Å². The van der Waals surface area contributed by atoms with Crippen LogP contribution in [0.1, 0.15) is 5.56 Å². The fourth-order valence-corrected chi connectivity index (χ4v) is 3.33. The van der Waals surface area contributed by atoms with Gasteiger partial charge in [-0.25, -0.2) is 9.37 Å². The second-order valence-electron chi connectivity index (χ2n) is 7.15. The van der Waals surface area contributed by atoms with Gasteiger partial charge in [0.2, 0.25) is 5.95 Å². The van der Waals surface area contributed by atoms with Crippen molar-refractivity contribution in [2.24, 2.45) is 7.05 Å². The normalized spacial score (nSPS) is 10.7. The van der Waals surface area contributed by atoms with E-state index in [1.165, 1.54) is 22.9 Å². The van der Waals surface area contributed by atoms with E-state index in [2.05, 4.69) is 4.98 Å². The first-order valence-electron chi connectivity index (χ1n) is 9.86. The fourth-order valence-electron chi connectivity index (χ4n) is 3.33. The first kappa shape index (κ1) is 20.3. The van der Waals surface area contributed by atoms with Gasteiger partial charge in [0.05, 0.1) is 5.56 Å². The minimum absolute atomic E-state index is 0.137. The van der Waals surface area contributed by atoms with Crippen LogP contribution in [0.4, 0.5) is 16.0 Å². The zero-order valence-corrected chi connectivity index (χ0v) is 17.3. The number of hydrogen-bond donors (Lipinski definition) is 0. The van der Waals surface area contributed by atoms with Crippen molar-refractivity contribution in [2.75, 3.05) is 11.9 Å². The molecule has 0 spiro atoms. The topological polar surface area (TPSA) is 47.4 Å². The molecule has 0 N–H and O–H groups in total. The Balaban J connectivity index is 1.59. The van der Waals surface area contributed by atoms with Crippen molar-refractivity contribution in [3.8, 4) is 16.9 Å². The van der Waals surface area contributed by atoms with Gasteiger partial charge in [0.25, 0.3) is 5.56 Å². The Hall–Kier alpha value is -3.93. The highest BCUT2D eigenvalue weighted by molar-refractivity contribution is 5.64. The zero-order valence-electron chi connectivity index (χ0n) is 17.3. The van der Waals surface area contributed by atoms with Gasteiger partial charge in [0.1, 0.15) is 6.61 Å². The van der Waals surface area contributed by atoms with Crippen molar-refractivity contribution >= 4 is 11.6 Å². The van der Waals surface area contributed by atoms with Crippen molar-refractivity contribution in [1.29, 1.82) is 0 Å². The molecule has 3 aromatic carbocycles. The molecule has 4 rings (SSSR count). The summed E-state index contributed by atoms with van der Waals surface area (Å²) in [5, 5.41) is 0. The van der Waals surface area contributed by atoms with Gasteiger partial charge in [-0.1, -0.05) is 54.6 Å². The average molecular weight is 415 g/mol. The molecule has 0 saturated carbocycles. The Kier molecular flexibility index (Phi) is 5.80. The Bertz CT molecular complexity index is 1240. The Morgan fingerprint density at radius 3 is 2.35 bits per heavy atom. The van der Waals surface area contributed by atoms with Crippen molar-refractivity contribution in [3.05, 3.63) is 107 Å². The van der Waals surface area contributed by atoms with Crippen LogP contribution in [0.3, 0.4) is 0 Å². The largest absolute Gasteiger partial charge is 0.486 e. The lowest BCUT2D eigenvalue weighted by Crippen LogP contribution is -2.26. The average Bonchev–Trinajstić information content (AvgIpc) is 2.81. The van der Waals surface area contributed by atoms with Crippen molar-refractivity contribution < 1.29 is 9.13 Å². The van der Waals surface area contributed by atoms with Crippen LogP contribution < -0.4 is 15.2 Å². The molecule has 6 heteroatoms. The molecule has 1 heterocycles. The number of rotatable bonds is 6. The number of nitrogens with zero attached hydrogens (tertiary/aromatic N) is 3. The molecule has 0 radical (unpaired) electrons. The highest BCUT2D eigenvalue weighted by atomic mass is 19.1. The molecule has 0 saturated heterocycles. The quantitative estimate of drug-likeness (QED) is 0.448. The third-order valence-corrected chi connectivity index (χ3v) is 5.07. The molecule has 4 aromatic rings. The number of halogens is 1. The SMILES string of the molecule is CN(c1ccccc1)c1ncc(-c2ccc(OCc3ccccc3)c(F)c2)c(=O)n1C. The smallest absolute Gasteiger partial charge is 0.262 e. The summed E-state index contributed by atoms with van der Waals surface area (Å²) in [6.45, 7) is 0.265. The zero-order chi connectivity index (χ0) is 21.8. The van der Waals surface area contributed by atoms with E-state index in [-0.39, 0.29) is 17.9 Å². The maximum Gasteiger partial charge on any atom is 0.262 e. The van der Waals surface area contributed by atoms with E-state index in [0.717, 1.165) is 11.3 Å². The Morgan fingerprint density at radius 2 is 1.68 bits per heavy atom. The number of hydrogen-bond acceptors (Lipinski definition) is 4. The van der Waals surface area contributed by atoms with Gasteiger partial charge in [-0.15, -0.1) is 0 Å². The molecule has 0 fully saturated rings. The van der Waals surface area contributed by atoms with Crippen LogP contribution in [0.2, 0.25) is 0 Å². The van der Waals surface area contributed by atoms with Crippen LogP contribution in [0.5, 0.6) is 5.75 Å². The van der Waals surface area contributed by atoms with Gasteiger partial charge in [-0.2, -0.15) is 0 Å². The number of anilines is 2. The molecule has 0 unspecified atom stereocenters. The van der Waals surface area contributed by atoms with E-state index in [1.54, 1.807) is 13.1 Å². The fraction of sp³-hybridized carbons (Fsp3) is 0.120. The first-order chi connectivity index (χ1) is 15.0. The van der Waals surface area contributed by atoms with Crippen LogP contribution >= 0.6 is 0 Å². The molecule has 156 valence electrons. The van der Waals surface area contributed by atoms with Crippen molar-refractivity contribution in [3.63, 3.8) is 0 Å². The highest BCUT2D eigenvalue weighted by Crippen LogP contribution is 2.26. The van der Waals surface area contributed by atoms with Crippen LogP contribution in [-0.2, 0) is 13.7 Å². The second kappa shape index (κ2) is 8.83. The summed E-state index contributed by atoms with van der Waals surface area (Å²) in [5.74, 6) is 0.0991. The van der Waals surface area contributed by atoms with Crippen LogP contribution in [0, 0.1) is 5.82 Å². The lowest BCUT2D eigenvalue weighted by molar-refractivity contribution is 0.290. The number of aromatic nitrogens is 2. The molecular weight excluding hydrogens is 393 g/mol. The molecular formula is C25H22FN3O2. The molecule has 1 aromatic heterocycles. The van der Waals surface area contributed by atoms with Gasteiger partial charge in [-0.05, 0) is 35.4 Å². The van der Waals surface area contributed by atoms with Crippen LogP contribution in [-0.4, -0.2) is 16.6 Å². The van der Waals surface area contributed by atoms with Gasteiger partial charge in [-0.3, -0.25) is 9.36 Å². The standard InChI is InChI=1S/C25H22FN3O2/c1-28(20-11-7-4-8-12-20)25-27-16-21(24(30)29(25)2)19-13-14-23(22(26)15-19)31-17-18-9-5-3-6-10-18/h3-16H,17H2,1-2H3. The second-order valence-corrected chi connectivity index (χ2v) is 7.15. The van der Waals surface area contributed by atoms with E-state index < -0.39 is 5.82 Å². The van der Waals surface area contributed by atoms with E-state index in [1.807, 2.05) is 72.6 Å². The third-order valence-electron chi connectivity index (χ3n) is 5.07. The number of para-hydroxylation sites is 1. The van der Waals surface area contributed by atoms with E-state index in [4.69, 9.17) is 4.74 Å². The Morgan fingerprint density at radius 1 is 1.00 bits per heavy atom. The molecule has 0 aliphatic heterocycles. The van der Waals surface area contributed by atoms with Crippen molar-refractivity contribution in [2.45, 2.75) is 6.61 Å². The lowest BCUT2D eigenvalue weighted by Gasteiger charge is -2.21. The molecule has 0 atom stereocenters. The summed E-state index contributed by atoms with van der Waals surface area (Å²) in [5.41, 5.74) is 2.36. The first-order valence-corrected chi connectivity index (χ1v) is 9.86. The molecule has 31 heavy (non-hydrogen) atoms. The van der Waals surface area contributed by atoms with Crippen LogP contribution in [0.15, 0.2) is 89.9 Å². The van der Waals surface area contributed by atoms with Crippen LogP contribution in [0.25, 0.3) is 11.1 Å². The Labute approximate surface area is 180 Å². The maximum atomic E-state index is 14.6. The number of benzene rings is 3. The molecule has 5 nitrogen and oxygen atoms in total. The van der Waals surface area contributed by atoms with Gasteiger partial charge in [0.15, 0.2) is 11.6 Å². The minimum atomic E-state index is -0.527. The summed E-state index contributed by atoms with van der Waals surface area (Å²) in [4.78, 5) is 19.3. The summed E-state index contributed by atoms with van der Waals surface area (Å²) in [6, 6.07) is 23.7. The van der Waals surface area contributed by atoms with E-state index in [9.17, 15) is 9.18 Å².